The number of aromatic nitrogens is 1. The van der Waals surface area contributed by atoms with Crippen molar-refractivity contribution in [2.45, 2.75) is 25.7 Å². The third kappa shape index (κ3) is 4.04. The molecule has 4 aromatic rings. The molecule has 3 aromatic carbocycles. The van der Waals surface area contributed by atoms with Crippen LogP contribution in [0.15, 0.2) is 76.3 Å². The zero-order valence-electron chi connectivity index (χ0n) is 18.8. The number of aryl methyl sites for hydroxylation is 2. The molecule has 0 fully saturated rings. The number of amides is 1. The highest BCUT2D eigenvalue weighted by Crippen LogP contribution is 2.42. The average Bonchev–Trinajstić information content (AvgIpc) is 2.79. The van der Waals surface area contributed by atoms with Gasteiger partial charge >= 0.3 is 0 Å². The zero-order chi connectivity index (χ0) is 24.0. The Morgan fingerprint density at radius 3 is 2.68 bits per heavy atom. The van der Waals surface area contributed by atoms with Crippen LogP contribution in [-0.4, -0.2) is 10.9 Å². The number of anilines is 2. The van der Waals surface area contributed by atoms with Crippen molar-refractivity contribution in [2.24, 2.45) is 0 Å². The van der Waals surface area contributed by atoms with Crippen molar-refractivity contribution in [3.8, 4) is 11.1 Å². The predicted molar refractivity (Wildman–Crippen MR) is 139 cm³/mol. The molecular formula is C27H21ClFN3OS. The first-order valence-electron chi connectivity index (χ1n) is 10.7. The van der Waals surface area contributed by atoms with Gasteiger partial charge in [0.1, 0.15) is 5.82 Å². The van der Waals surface area contributed by atoms with E-state index in [9.17, 15) is 9.18 Å². The molecule has 34 heavy (non-hydrogen) atoms. The molecule has 0 atom stereocenters. The Morgan fingerprint density at radius 1 is 1.09 bits per heavy atom. The number of rotatable bonds is 3. The lowest BCUT2D eigenvalue weighted by molar-refractivity contribution is -0.112. The van der Waals surface area contributed by atoms with Crippen LogP contribution >= 0.6 is 23.4 Å². The lowest BCUT2D eigenvalue weighted by Crippen LogP contribution is -2.19. The quantitative estimate of drug-likeness (QED) is 0.309. The number of allylic oxidation sites excluding steroid dienone is 1. The highest BCUT2D eigenvalue weighted by atomic mass is 35.5. The fourth-order valence-corrected chi connectivity index (χ4v) is 5.43. The number of carbonyl (C=O) groups excluding carboxylic acids is 1. The van der Waals surface area contributed by atoms with Gasteiger partial charge in [0, 0.05) is 32.1 Å². The topological polar surface area (TPSA) is 54.0 Å². The van der Waals surface area contributed by atoms with Crippen molar-refractivity contribution in [3.63, 3.8) is 0 Å². The van der Waals surface area contributed by atoms with E-state index in [0.717, 1.165) is 38.8 Å². The summed E-state index contributed by atoms with van der Waals surface area (Å²) < 4.78 is 13.8. The van der Waals surface area contributed by atoms with Crippen molar-refractivity contribution in [1.29, 1.82) is 0 Å². The van der Waals surface area contributed by atoms with Gasteiger partial charge in [-0.3, -0.25) is 9.78 Å². The highest BCUT2D eigenvalue weighted by Gasteiger charge is 2.24. The Hall–Kier alpha value is -3.35. The zero-order valence-corrected chi connectivity index (χ0v) is 20.4. The summed E-state index contributed by atoms with van der Waals surface area (Å²) in [6.07, 6.45) is 1.67. The number of pyridine rings is 1. The number of fused-ring (bicyclic) bond motifs is 2. The van der Waals surface area contributed by atoms with Gasteiger partial charge in [-0.25, -0.2) is 4.39 Å². The monoisotopic (exact) mass is 489 g/mol. The molecule has 170 valence electrons. The van der Waals surface area contributed by atoms with E-state index in [2.05, 4.69) is 27.8 Å². The van der Waals surface area contributed by atoms with E-state index in [0.29, 0.717) is 26.2 Å². The molecule has 0 spiro atoms. The lowest BCUT2D eigenvalue weighted by atomic mass is 9.96. The van der Waals surface area contributed by atoms with E-state index in [4.69, 9.17) is 11.6 Å². The normalized spacial score (nSPS) is 13.0. The maximum absolute atomic E-state index is 13.8. The van der Waals surface area contributed by atoms with Gasteiger partial charge in [0.2, 0.25) is 0 Å². The Kier molecular flexibility index (Phi) is 5.80. The fraction of sp³-hybridized carbons (Fsp3) is 0.111. The van der Waals surface area contributed by atoms with Crippen LogP contribution in [0.5, 0.6) is 0 Å². The first-order valence-corrected chi connectivity index (χ1v) is 11.9. The molecule has 1 aliphatic rings. The van der Waals surface area contributed by atoms with E-state index < -0.39 is 0 Å². The Labute approximate surface area is 206 Å². The van der Waals surface area contributed by atoms with Crippen molar-refractivity contribution >= 4 is 51.5 Å². The molecule has 0 unspecified atom stereocenters. The summed E-state index contributed by atoms with van der Waals surface area (Å²) in [5, 5.41) is 7.73. The van der Waals surface area contributed by atoms with Gasteiger partial charge in [-0.1, -0.05) is 53.2 Å². The van der Waals surface area contributed by atoms with Crippen molar-refractivity contribution < 1.29 is 9.18 Å². The molecular weight excluding hydrogens is 469 g/mol. The van der Waals surface area contributed by atoms with Crippen LogP contribution in [0.25, 0.3) is 22.0 Å². The fourth-order valence-electron chi connectivity index (χ4n) is 4.23. The molecule has 2 heterocycles. The van der Waals surface area contributed by atoms with Crippen LogP contribution in [-0.2, 0) is 4.79 Å². The second-order valence-electron chi connectivity index (χ2n) is 8.28. The summed E-state index contributed by atoms with van der Waals surface area (Å²) in [4.78, 5) is 19.2. The number of nitrogens with zero attached hydrogens (tertiary/aromatic N) is 1. The summed E-state index contributed by atoms with van der Waals surface area (Å²) in [5.74, 6) is -0.651. The molecule has 7 heteroatoms. The van der Waals surface area contributed by atoms with Crippen LogP contribution in [0.4, 0.5) is 15.8 Å². The molecule has 0 bridgehead atoms. The smallest absolute Gasteiger partial charge is 0.264 e. The van der Waals surface area contributed by atoms with Crippen molar-refractivity contribution in [3.05, 3.63) is 93.4 Å². The van der Waals surface area contributed by atoms with E-state index in [-0.39, 0.29) is 11.7 Å². The molecule has 5 rings (SSSR count). The van der Waals surface area contributed by atoms with Gasteiger partial charge in [-0.15, -0.1) is 0 Å². The van der Waals surface area contributed by atoms with E-state index >= 15 is 0 Å². The second-order valence-corrected chi connectivity index (χ2v) is 9.74. The molecule has 1 aliphatic heterocycles. The summed E-state index contributed by atoms with van der Waals surface area (Å²) in [6, 6.07) is 16.2. The van der Waals surface area contributed by atoms with Crippen LogP contribution < -0.4 is 10.6 Å². The Bertz CT molecular complexity index is 1520. The molecule has 4 nitrogen and oxygen atoms in total. The SMILES string of the molecule is CC1=C(C(=O)Nc2cnc3c(C)cc(C)cc3c2-c2ccccc2Cl)Sc2cc(F)ccc2N1. The highest BCUT2D eigenvalue weighted by molar-refractivity contribution is 8.04. The van der Waals surface area contributed by atoms with Gasteiger partial charge in [0.15, 0.2) is 0 Å². The van der Waals surface area contributed by atoms with E-state index in [1.54, 1.807) is 12.3 Å². The van der Waals surface area contributed by atoms with E-state index in [1.807, 2.05) is 45.0 Å². The number of carbonyl (C=O) groups is 1. The standard InChI is InChI=1S/C27H21ClFN3OS/c1-14-10-15(2)25-19(11-14)24(18-6-4-5-7-20(18)28)22(13-30-25)32-27(33)26-16(3)31-21-9-8-17(29)12-23(21)34-26/h4-13,31H,1-3H3,(H,32,33). The van der Waals surface area contributed by atoms with Crippen molar-refractivity contribution in [2.75, 3.05) is 10.6 Å². The molecule has 0 saturated heterocycles. The lowest BCUT2D eigenvalue weighted by Gasteiger charge is -2.22. The number of nitrogens with one attached hydrogen (secondary N) is 2. The summed E-state index contributed by atoms with van der Waals surface area (Å²) in [6.45, 7) is 5.88. The first kappa shape index (κ1) is 22.4. The molecule has 0 saturated carbocycles. The second kappa shape index (κ2) is 8.78. The summed E-state index contributed by atoms with van der Waals surface area (Å²) in [5.41, 5.74) is 6.64. The van der Waals surface area contributed by atoms with Crippen LogP contribution in [0.1, 0.15) is 18.1 Å². The van der Waals surface area contributed by atoms with Gasteiger partial charge in [-0.2, -0.15) is 0 Å². The number of benzene rings is 3. The van der Waals surface area contributed by atoms with E-state index in [1.165, 1.54) is 23.9 Å². The molecule has 0 radical (unpaired) electrons. The van der Waals surface area contributed by atoms with Gasteiger partial charge in [0.25, 0.3) is 5.91 Å². The van der Waals surface area contributed by atoms with Gasteiger partial charge in [-0.05, 0) is 56.7 Å². The number of halogens is 2. The maximum atomic E-state index is 13.8. The van der Waals surface area contributed by atoms with Gasteiger partial charge in [0.05, 0.1) is 28.0 Å². The molecule has 1 amide bonds. The van der Waals surface area contributed by atoms with Crippen LogP contribution in [0, 0.1) is 19.7 Å². The van der Waals surface area contributed by atoms with Crippen LogP contribution in [0.3, 0.4) is 0 Å². The predicted octanol–water partition coefficient (Wildman–Crippen LogP) is 7.70. The van der Waals surface area contributed by atoms with Crippen LogP contribution in [0.2, 0.25) is 5.02 Å². The summed E-state index contributed by atoms with van der Waals surface area (Å²) >= 11 is 7.84. The Morgan fingerprint density at radius 2 is 1.88 bits per heavy atom. The minimum absolute atomic E-state index is 0.302. The third-order valence-electron chi connectivity index (χ3n) is 5.72. The summed E-state index contributed by atoms with van der Waals surface area (Å²) in [7, 11) is 0. The first-order chi connectivity index (χ1) is 16.3. The Balaban J connectivity index is 1.61. The molecule has 1 aromatic heterocycles. The third-order valence-corrected chi connectivity index (χ3v) is 7.31. The van der Waals surface area contributed by atoms with Crippen molar-refractivity contribution in [1.82, 2.24) is 4.98 Å². The number of hydrogen-bond donors (Lipinski definition) is 2. The molecule has 2 N–H and O–H groups in total. The average molecular weight is 490 g/mol. The number of hydrogen-bond acceptors (Lipinski definition) is 4. The largest absolute Gasteiger partial charge is 0.357 e. The molecule has 0 aliphatic carbocycles. The minimum atomic E-state index is -0.349. The van der Waals surface area contributed by atoms with Gasteiger partial charge < -0.3 is 10.6 Å². The minimum Gasteiger partial charge on any atom is -0.357 e. The maximum Gasteiger partial charge on any atom is 0.264 e. The number of thioether (sulfide) groups is 1.